The third-order valence-electron chi connectivity index (χ3n) is 0.936. The van der Waals surface area contributed by atoms with Gasteiger partial charge in [0.25, 0.3) is 0 Å². The van der Waals surface area contributed by atoms with E-state index in [1.807, 2.05) is 0 Å². The molecule has 4 nitrogen and oxygen atoms in total. The molecular formula is C4H5NO3S2. The molecule has 1 rings (SSSR count). The molecule has 0 amide bonds. The number of thiazole rings is 1. The van der Waals surface area contributed by atoms with Gasteiger partial charge >= 0.3 is 10.1 Å². The first-order chi connectivity index (χ1) is 4.52. The monoisotopic (exact) mass is 179 g/mol. The maximum atomic E-state index is 10.4. The second-order valence-corrected chi connectivity index (χ2v) is 4.17. The molecule has 1 heterocycles. The van der Waals surface area contributed by atoms with Crippen LogP contribution in [0.4, 0.5) is 0 Å². The summed E-state index contributed by atoms with van der Waals surface area (Å²) in [5, 5.41) is 0. The minimum atomic E-state index is -4.03. The summed E-state index contributed by atoms with van der Waals surface area (Å²) in [4.78, 5) is 3.66. The van der Waals surface area contributed by atoms with E-state index in [1.165, 1.54) is 12.4 Å². The largest absolute Gasteiger partial charge is 0.305 e. The molecule has 0 atom stereocenters. The molecule has 0 aromatic carbocycles. The second kappa shape index (κ2) is 2.30. The molecule has 1 aromatic heterocycles. The Morgan fingerprint density at radius 1 is 1.70 bits per heavy atom. The van der Waals surface area contributed by atoms with Crippen LogP contribution in [0, 0.1) is 6.92 Å². The molecule has 0 radical (unpaired) electrons. The second-order valence-electron chi connectivity index (χ2n) is 1.70. The van der Waals surface area contributed by atoms with Crippen molar-refractivity contribution in [3.8, 4) is 0 Å². The maximum Gasteiger partial charge on any atom is 0.305 e. The summed E-state index contributed by atoms with van der Waals surface area (Å²) < 4.78 is 29.3. The Bertz CT molecular complexity index is 326. The van der Waals surface area contributed by atoms with Crippen LogP contribution in [0.2, 0.25) is 0 Å². The first-order valence-corrected chi connectivity index (χ1v) is 4.71. The fourth-order valence-electron chi connectivity index (χ4n) is 0.539. The zero-order valence-electron chi connectivity index (χ0n) is 5.10. The molecule has 56 valence electrons. The molecule has 0 spiro atoms. The summed E-state index contributed by atoms with van der Waals surface area (Å²) in [7, 11) is -4.03. The Hall–Kier alpha value is -0.460. The van der Waals surface area contributed by atoms with Gasteiger partial charge in [0.05, 0.1) is 11.2 Å². The number of aryl methyl sites for hydroxylation is 1. The predicted octanol–water partition coefficient (Wildman–Crippen LogP) is 0.698. The molecule has 1 N–H and O–H groups in total. The molecule has 0 bridgehead atoms. The summed E-state index contributed by atoms with van der Waals surface area (Å²) in [5.41, 5.74) is 1.71. The molecule has 0 saturated heterocycles. The van der Waals surface area contributed by atoms with Crippen molar-refractivity contribution in [3.05, 3.63) is 11.2 Å². The van der Waals surface area contributed by atoms with Gasteiger partial charge < -0.3 is 0 Å². The SMILES string of the molecule is Cc1ncsc1S(=O)(=O)O. The van der Waals surface area contributed by atoms with Gasteiger partial charge in [-0.15, -0.1) is 11.3 Å². The third-order valence-corrected chi connectivity index (χ3v) is 3.34. The summed E-state index contributed by atoms with van der Waals surface area (Å²) in [6.45, 7) is 1.53. The van der Waals surface area contributed by atoms with Gasteiger partial charge in [-0.25, -0.2) is 4.98 Å². The number of hydrogen-bond donors (Lipinski definition) is 1. The topological polar surface area (TPSA) is 67.3 Å². The minimum absolute atomic E-state index is 0.0764. The number of aromatic nitrogens is 1. The maximum absolute atomic E-state index is 10.4. The van der Waals surface area contributed by atoms with Crippen molar-refractivity contribution in [3.63, 3.8) is 0 Å². The average Bonchev–Trinajstić information content (AvgIpc) is 2.11. The average molecular weight is 179 g/mol. The van der Waals surface area contributed by atoms with Crippen LogP contribution in [0.5, 0.6) is 0 Å². The van der Waals surface area contributed by atoms with E-state index in [0.717, 1.165) is 11.3 Å². The van der Waals surface area contributed by atoms with Crippen molar-refractivity contribution >= 4 is 21.5 Å². The van der Waals surface area contributed by atoms with Gasteiger partial charge in [0.2, 0.25) is 0 Å². The zero-order chi connectivity index (χ0) is 7.78. The van der Waals surface area contributed by atoms with Crippen molar-refractivity contribution < 1.29 is 13.0 Å². The molecule has 0 unspecified atom stereocenters. The minimum Gasteiger partial charge on any atom is -0.281 e. The Morgan fingerprint density at radius 3 is 2.50 bits per heavy atom. The van der Waals surface area contributed by atoms with Gasteiger partial charge in [-0.05, 0) is 6.92 Å². The highest BCUT2D eigenvalue weighted by Gasteiger charge is 2.14. The molecule has 0 saturated carbocycles. The van der Waals surface area contributed by atoms with Crippen LogP contribution in [-0.4, -0.2) is 18.0 Å². The van der Waals surface area contributed by atoms with Crippen LogP contribution >= 0.6 is 11.3 Å². The normalized spacial score (nSPS) is 11.8. The van der Waals surface area contributed by atoms with Gasteiger partial charge in [-0.1, -0.05) is 0 Å². The lowest BCUT2D eigenvalue weighted by atomic mass is 10.6. The van der Waals surface area contributed by atoms with Gasteiger partial charge in [0.1, 0.15) is 0 Å². The molecule has 0 fully saturated rings. The fourth-order valence-corrected chi connectivity index (χ4v) is 2.11. The highest BCUT2D eigenvalue weighted by atomic mass is 32.3. The molecule has 0 aliphatic heterocycles. The lowest BCUT2D eigenvalue weighted by Crippen LogP contribution is -1.96. The number of nitrogens with zero attached hydrogens (tertiary/aromatic N) is 1. The van der Waals surface area contributed by atoms with Gasteiger partial charge in [-0.3, -0.25) is 4.55 Å². The van der Waals surface area contributed by atoms with Crippen molar-refractivity contribution in [1.29, 1.82) is 0 Å². The van der Waals surface area contributed by atoms with E-state index in [9.17, 15) is 8.42 Å². The van der Waals surface area contributed by atoms with Crippen LogP contribution < -0.4 is 0 Å². The van der Waals surface area contributed by atoms with Gasteiger partial charge in [-0.2, -0.15) is 8.42 Å². The van der Waals surface area contributed by atoms with E-state index in [-0.39, 0.29) is 4.21 Å². The molecular weight excluding hydrogens is 174 g/mol. The number of rotatable bonds is 1. The first-order valence-electron chi connectivity index (χ1n) is 2.39. The summed E-state index contributed by atoms with van der Waals surface area (Å²) in [5.74, 6) is 0. The third kappa shape index (κ3) is 1.34. The Kier molecular flexibility index (Phi) is 1.76. The molecule has 0 aliphatic carbocycles. The van der Waals surface area contributed by atoms with Crippen LogP contribution in [0.1, 0.15) is 5.69 Å². The fraction of sp³-hybridized carbons (Fsp3) is 0.250. The highest BCUT2D eigenvalue weighted by molar-refractivity contribution is 7.88. The van der Waals surface area contributed by atoms with Crippen LogP contribution in [0.25, 0.3) is 0 Å². The highest BCUT2D eigenvalue weighted by Crippen LogP contribution is 2.17. The summed E-state index contributed by atoms with van der Waals surface area (Å²) in [6.07, 6.45) is 0. The lowest BCUT2D eigenvalue weighted by molar-refractivity contribution is 0.485. The lowest BCUT2D eigenvalue weighted by Gasteiger charge is -1.89. The smallest absolute Gasteiger partial charge is 0.281 e. The standard InChI is InChI=1S/C4H5NO3S2/c1-3-4(9-2-5-3)10(6,7)8/h2H,1H3,(H,6,7,8). The summed E-state index contributed by atoms with van der Waals surface area (Å²) >= 11 is 0.907. The van der Waals surface area contributed by atoms with Gasteiger partial charge in [0, 0.05) is 0 Å². The summed E-state index contributed by atoms with van der Waals surface area (Å²) in [6, 6.07) is 0. The zero-order valence-corrected chi connectivity index (χ0v) is 6.74. The van der Waals surface area contributed by atoms with E-state index >= 15 is 0 Å². The van der Waals surface area contributed by atoms with Crippen LogP contribution in [-0.2, 0) is 10.1 Å². The quantitative estimate of drug-likeness (QED) is 0.644. The molecule has 0 aliphatic rings. The Morgan fingerprint density at radius 2 is 2.30 bits per heavy atom. The first kappa shape index (κ1) is 7.64. The molecule has 10 heavy (non-hydrogen) atoms. The van der Waals surface area contributed by atoms with Crippen molar-refractivity contribution in [2.45, 2.75) is 11.1 Å². The Balaban J connectivity index is 3.32. The van der Waals surface area contributed by atoms with Crippen LogP contribution in [0.3, 0.4) is 0 Å². The van der Waals surface area contributed by atoms with E-state index in [1.54, 1.807) is 0 Å². The van der Waals surface area contributed by atoms with E-state index in [4.69, 9.17) is 4.55 Å². The van der Waals surface area contributed by atoms with Crippen LogP contribution in [0.15, 0.2) is 9.72 Å². The van der Waals surface area contributed by atoms with E-state index < -0.39 is 10.1 Å². The Labute approximate surface area is 62.3 Å². The van der Waals surface area contributed by atoms with Crippen molar-refractivity contribution in [1.82, 2.24) is 4.98 Å². The van der Waals surface area contributed by atoms with Crippen molar-refractivity contribution in [2.24, 2.45) is 0 Å². The molecule has 1 aromatic rings. The molecule has 6 heteroatoms. The number of hydrogen-bond acceptors (Lipinski definition) is 4. The van der Waals surface area contributed by atoms with E-state index in [2.05, 4.69) is 4.98 Å². The van der Waals surface area contributed by atoms with Gasteiger partial charge in [0.15, 0.2) is 4.21 Å². The van der Waals surface area contributed by atoms with E-state index in [0.29, 0.717) is 5.69 Å². The van der Waals surface area contributed by atoms with Crippen molar-refractivity contribution in [2.75, 3.05) is 0 Å². The predicted molar refractivity (Wildman–Crippen MR) is 36.7 cm³/mol.